The summed E-state index contributed by atoms with van der Waals surface area (Å²) in [6, 6.07) is 14.5. The molecule has 0 unspecified atom stereocenters. The lowest BCUT2D eigenvalue weighted by Gasteiger charge is -2.22. The predicted molar refractivity (Wildman–Crippen MR) is 128 cm³/mol. The normalized spacial score (nSPS) is 13.8. The van der Waals surface area contributed by atoms with Crippen LogP contribution in [-0.2, 0) is 16.0 Å². The standard InChI is InChI=1S/C26H25N3O5/c1-27-26(32)29-22(30)15-34-25(31)23-19-7-3-4-9-21(19)28-24-17(6-5-8-20(23)24)14-16-10-12-18(33-2)13-11-16/h3-4,7,9-14H,5-6,8,15H2,1-2H3,(H2,27,29,30,32)/b17-14+. The molecule has 0 aliphatic heterocycles. The highest BCUT2D eigenvalue weighted by molar-refractivity contribution is 6.07. The fourth-order valence-electron chi connectivity index (χ4n) is 4.04. The fourth-order valence-corrected chi connectivity index (χ4v) is 4.04. The highest BCUT2D eigenvalue weighted by Crippen LogP contribution is 2.36. The van der Waals surface area contributed by atoms with Gasteiger partial charge in [0.15, 0.2) is 6.61 Å². The molecule has 1 aliphatic carbocycles. The number of hydrogen-bond acceptors (Lipinski definition) is 6. The van der Waals surface area contributed by atoms with Gasteiger partial charge < -0.3 is 14.8 Å². The molecule has 0 saturated carbocycles. The van der Waals surface area contributed by atoms with Gasteiger partial charge in [-0.1, -0.05) is 30.3 Å². The van der Waals surface area contributed by atoms with E-state index in [1.54, 1.807) is 7.11 Å². The lowest BCUT2D eigenvalue weighted by molar-refractivity contribution is -0.123. The van der Waals surface area contributed by atoms with Crippen molar-refractivity contribution in [3.63, 3.8) is 0 Å². The molecular formula is C26H25N3O5. The summed E-state index contributed by atoms with van der Waals surface area (Å²) in [5, 5.41) is 5.03. The second kappa shape index (κ2) is 10.2. The lowest BCUT2D eigenvalue weighted by atomic mass is 9.86. The third-order valence-electron chi connectivity index (χ3n) is 5.65. The Labute approximate surface area is 197 Å². The Bertz CT molecular complexity index is 1280. The molecule has 2 aromatic carbocycles. The summed E-state index contributed by atoms with van der Waals surface area (Å²) in [5.41, 5.74) is 4.69. The van der Waals surface area contributed by atoms with Crippen molar-refractivity contribution < 1.29 is 23.9 Å². The van der Waals surface area contributed by atoms with Crippen LogP contribution in [-0.4, -0.2) is 43.7 Å². The molecule has 3 aromatic rings. The predicted octanol–water partition coefficient (Wildman–Crippen LogP) is 3.73. The first kappa shape index (κ1) is 23.0. The maximum atomic E-state index is 13.2. The summed E-state index contributed by atoms with van der Waals surface area (Å²) in [7, 11) is 3.02. The smallest absolute Gasteiger partial charge is 0.339 e. The first-order valence-corrected chi connectivity index (χ1v) is 11.0. The van der Waals surface area contributed by atoms with E-state index in [1.807, 2.05) is 48.5 Å². The van der Waals surface area contributed by atoms with E-state index in [0.29, 0.717) is 22.9 Å². The van der Waals surface area contributed by atoms with E-state index < -0.39 is 24.5 Å². The molecule has 1 aromatic heterocycles. The Morgan fingerprint density at radius 2 is 1.82 bits per heavy atom. The summed E-state index contributed by atoms with van der Waals surface area (Å²) < 4.78 is 10.5. The van der Waals surface area contributed by atoms with Crippen LogP contribution < -0.4 is 15.4 Å². The number of imide groups is 1. The maximum absolute atomic E-state index is 13.2. The molecule has 174 valence electrons. The van der Waals surface area contributed by atoms with Gasteiger partial charge in [-0.2, -0.15) is 0 Å². The van der Waals surface area contributed by atoms with E-state index in [1.165, 1.54) is 7.05 Å². The number of methoxy groups -OCH3 is 1. The summed E-state index contributed by atoms with van der Waals surface area (Å²) in [4.78, 5) is 41.3. The second-order valence-electron chi connectivity index (χ2n) is 7.83. The van der Waals surface area contributed by atoms with Crippen LogP contribution in [0.2, 0.25) is 0 Å². The molecule has 0 fully saturated rings. The van der Waals surface area contributed by atoms with Crippen molar-refractivity contribution >= 4 is 40.5 Å². The van der Waals surface area contributed by atoms with Gasteiger partial charge in [-0.05, 0) is 60.2 Å². The molecule has 4 rings (SSSR count). The maximum Gasteiger partial charge on any atom is 0.339 e. The van der Waals surface area contributed by atoms with Crippen molar-refractivity contribution in [3.05, 3.63) is 70.9 Å². The zero-order valence-electron chi connectivity index (χ0n) is 19.0. The van der Waals surface area contributed by atoms with Crippen molar-refractivity contribution in [2.45, 2.75) is 19.3 Å². The first-order valence-electron chi connectivity index (χ1n) is 11.0. The number of amides is 3. The number of aromatic nitrogens is 1. The number of esters is 1. The molecule has 0 spiro atoms. The Balaban J connectivity index is 1.71. The largest absolute Gasteiger partial charge is 0.497 e. The van der Waals surface area contributed by atoms with E-state index in [-0.39, 0.29) is 0 Å². The second-order valence-corrected chi connectivity index (χ2v) is 7.83. The van der Waals surface area contributed by atoms with Gasteiger partial charge in [0.25, 0.3) is 5.91 Å². The fraction of sp³-hybridized carbons (Fsp3) is 0.231. The quantitative estimate of drug-likeness (QED) is 0.563. The molecule has 0 atom stereocenters. The minimum atomic E-state index is -0.708. The minimum Gasteiger partial charge on any atom is -0.497 e. The van der Waals surface area contributed by atoms with Gasteiger partial charge in [0, 0.05) is 12.4 Å². The van der Waals surface area contributed by atoms with Crippen molar-refractivity contribution in [1.82, 2.24) is 15.6 Å². The molecule has 8 heteroatoms. The topological polar surface area (TPSA) is 107 Å². The number of ether oxygens (including phenoxy) is 2. The average Bonchev–Trinajstić information content (AvgIpc) is 2.86. The number of fused-ring (bicyclic) bond motifs is 2. The zero-order valence-corrected chi connectivity index (χ0v) is 19.0. The zero-order chi connectivity index (χ0) is 24.1. The first-order chi connectivity index (χ1) is 16.5. The van der Waals surface area contributed by atoms with Gasteiger partial charge in [-0.25, -0.2) is 14.6 Å². The number of urea groups is 1. The Hall–Kier alpha value is -4.20. The lowest BCUT2D eigenvalue weighted by Crippen LogP contribution is -2.39. The highest BCUT2D eigenvalue weighted by Gasteiger charge is 2.26. The number of hydrogen-bond donors (Lipinski definition) is 2. The number of carbonyl (C=O) groups is 3. The number of pyridine rings is 1. The summed E-state index contributed by atoms with van der Waals surface area (Å²) >= 11 is 0. The van der Waals surface area contributed by atoms with E-state index in [2.05, 4.69) is 16.7 Å². The third kappa shape index (κ3) is 4.91. The molecule has 8 nitrogen and oxygen atoms in total. The number of para-hydroxylation sites is 1. The molecule has 3 amide bonds. The van der Waals surface area contributed by atoms with Crippen LogP contribution in [0.25, 0.3) is 22.6 Å². The number of allylic oxidation sites excluding steroid dienone is 1. The summed E-state index contributed by atoms with van der Waals surface area (Å²) in [5.74, 6) is -0.548. The molecular weight excluding hydrogens is 434 g/mol. The number of carbonyl (C=O) groups excluding carboxylic acids is 3. The SMILES string of the molecule is CNC(=O)NC(=O)COC(=O)c1c2c(nc3ccccc13)/C(=C/c1ccc(OC)cc1)CCC2. The molecule has 2 N–H and O–H groups in total. The minimum absolute atomic E-state index is 0.411. The van der Waals surface area contributed by atoms with Gasteiger partial charge in [-0.15, -0.1) is 0 Å². The van der Waals surface area contributed by atoms with Crippen molar-refractivity contribution in [2.24, 2.45) is 0 Å². The van der Waals surface area contributed by atoms with Gasteiger partial charge in [-0.3, -0.25) is 10.1 Å². The number of nitrogens with zero attached hydrogens (tertiary/aromatic N) is 1. The average molecular weight is 460 g/mol. The van der Waals surface area contributed by atoms with Crippen LogP contribution in [0.5, 0.6) is 5.75 Å². The van der Waals surface area contributed by atoms with Crippen LogP contribution >= 0.6 is 0 Å². The van der Waals surface area contributed by atoms with E-state index in [0.717, 1.165) is 41.0 Å². The van der Waals surface area contributed by atoms with Crippen LogP contribution in [0.4, 0.5) is 4.79 Å². The van der Waals surface area contributed by atoms with Crippen LogP contribution in [0.1, 0.15) is 40.0 Å². The van der Waals surface area contributed by atoms with Crippen molar-refractivity contribution in [3.8, 4) is 5.75 Å². The number of nitrogens with one attached hydrogen (secondary N) is 2. The third-order valence-corrected chi connectivity index (χ3v) is 5.65. The Morgan fingerprint density at radius 1 is 1.06 bits per heavy atom. The monoisotopic (exact) mass is 459 g/mol. The van der Waals surface area contributed by atoms with Crippen LogP contribution in [0, 0.1) is 0 Å². The summed E-state index contributed by atoms with van der Waals surface area (Å²) in [6.07, 6.45) is 4.42. The Kier molecular flexibility index (Phi) is 6.87. The molecule has 0 bridgehead atoms. The van der Waals surface area contributed by atoms with Crippen LogP contribution in [0.15, 0.2) is 48.5 Å². The molecule has 1 aliphatic rings. The number of benzene rings is 2. The van der Waals surface area contributed by atoms with E-state index in [4.69, 9.17) is 14.5 Å². The Morgan fingerprint density at radius 3 is 2.56 bits per heavy atom. The summed E-state index contributed by atoms with van der Waals surface area (Å²) in [6.45, 7) is -0.563. The number of rotatable bonds is 5. The molecule has 34 heavy (non-hydrogen) atoms. The molecule has 1 heterocycles. The van der Waals surface area contributed by atoms with Crippen molar-refractivity contribution in [2.75, 3.05) is 20.8 Å². The van der Waals surface area contributed by atoms with Gasteiger partial charge >= 0.3 is 12.0 Å². The van der Waals surface area contributed by atoms with Crippen molar-refractivity contribution in [1.29, 1.82) is 0 Å². The van der Waals surface area contributed by atoms with E-state index >= 15 is 0 Å². The van der Waals surface area contributed by atoms with Crippen LogP contribution in [0.3, 0.4) is 0 Å². The van der Waals surface area contributed by atoms with Gasteiger partial charge in [0.2, 0.25) is 0 Å². The molecule has 0 saturated heterocycles. The molecule has 0 radical (unpaired) electrons. The van der Waals surface area contributed by atoms with Gasteiger partial charge in [0.05, 0.1) is 23.9 Å². The van der Waals surface area contributed by atoms with E-state index in [9.17, 15) is 14.4 Å². The van der Waals surface area contributed by atoms with Gasteiger partial charge in [0.1, 0.15) is 5.75 Å². The highest BCUT2D eigenvalue weighted by atomic mass is 16.5.